The van der Waals surface area contributed by atoms with Crippen LogP contribution in [0.2, 0.25) is 0 Å². The molecule has 0 aromatic carbocycles. The largest absolute Gasteiger partial charge is 0.481 e. The summed E-state index contributed by atoms with van der Waals surface area (Å²) in [6.07, 6.45) is -4.85. The molecule has 0 fully saturated rings. The number of aliphatic hydroxyl groups excluding tert-OH is 4. The van der Waals surface area contributed by atoms with Crippen LogP contribution in [0.25, 0.3) is 0 Å². The quantitative estimate of drug-likeness (QED) is 0.364. The second-order valence-corrected chi connectivity index (χ2v) is 3.49. The van der Waals surface area contributed by atoms with Gasteiger partial charge in [0.15, 0.2) is 6.29 Å². The lowest BCUT2D eigenvalue weighted by molar-refractivity contribution is -0.137. The van der Waals surface area contributed by atoms with Crippen molar-refractivity contribution in [2.75, 3.05) is 0 Å². The molecule has 4 atom stereocenters. The van der Waals surface area contributed by atoms with E-state index < -0.39 is 30.4 Å². The maximum absolute atomic E-state index is 9.87. The van der Waals surface area contributed by atoms with Crippen molar-refractivity contribution in [1.82, 2.24) is 0 Å². The van der Waals surface area contributed by atoms with Gasteiger partial charge < -0.3 is 30.3 Å². The standard InChI is InChI=1S/C6H12O5.C4H8O2/c1-3(8)5(10)6(11)4(9)2-7;1-2-3-4(5)6/h2-6,8-11H,1H3;2-3H2,1H3,(H,5,6). The van der Waals surface area contributed by atoms with Crippen molar-refractivity contribution in [3.8, 4) is 0 Å². The second-order valence-electron chi connectivity index (χ2n) is 3.49. The second kappa shape index (κ2) is 10.2. The summed E-state index contributed by atoms with van der Waals surface area (Å²) in [5, 5.41) is 43.0. The Balaban J connectivity index is 0. The number of carbonyl (C=O) groups excluding carboxylic acids is 1. The van der Waals surface area contributed by atoms with Crippen molar-refractivity contribution in [3.63, 3.8) is 0 Å². The number of carbonyl (C=O) groups is 2. The van der Waals surface area contributed by atoms with Crippen LogP contribution in [0.15, 0.2) is 0 Å². The molecular weight excluding hydrogens is 232 g/mol. The van der Waals surface area contributed by atoms with Crippen LogP contribution in [0.5, 0.6) is 0 Å². The van der Waals surface area contributed by atoms with Gasteiger partial charge in [0, 0.05) is 6.42 Å². The van der Waals surface area contributed by atoms with Gasteiger partial charge in [-0.05, 0) is 13.3 Å². The smallest absolute Gasteiger partial charge is 0.303 e. The number of aliphatic carboxylic acids is 1. The zero-order valence-corrected chi connectivity index (χ0v) is 9.85. The molecule has 0 bridgehead atoms. The summed E-state index contributed by atoms with van der Waals surface area (Å²) in [6, 6.07) is 0. The van der Waals surface area contributed by atoms with E-state index in [1.807, 2.05) is 6.92 Å². The normalized spacial score (nSPS) is 17.1. The third-order valence-corrected chi connectivity index (χ3v) is 1.80. The summed E-state index contributed by atoms with van der Waals surface area (Å²) in [5.41, 5.74) is 0. The first kappa shape index (κ1) is 18.3. The van der Waals surface area contributed by atoms with Crippen molar-refractivity contribution in [2.24, 2.45) is 0 Å². The first-order valence-electron chi connectivity index (χ1n) is 5.17. The summed E-state index contributed by atoms with van der Waals surface area (Å²) in [7, 11) is 0. The number of aliphatic hydroxyl groups is 4. The van der Waals surface area contributed by atoms with Gasteiger partial charge in [0.25, 0.3) is 0 Å². The maximum Gasteiger partial charge on any atom is 0.303 e. The molecule has 0 aromatic rings. The van der Waals surface area contributed by atoms with Gasteiger partial charge in [-0.25, -0.2) is 0 Å². The van der Waals surface area contributed by atoms with E-state index in [0.29, 0.717) is 6.42 Å². The Morgan fingerprint density at radius 3 is 1.82 bits per heavy atom. The van der Waals surface area contributed by atoms with Crippen LogP contribution < -0.4 is 0 Å². The molecule has 0 aromatic heterocycles. The minimum atomic E-state index is -1.65. The molecule has 7 heteroatoms. The minimum Gasteiger partial charge on any atom is -0.481 e. The van der Waals surface area contributed by atoms with Crippen molar-refractivity contribution >= 4 is 12.3 Å². The van der Waals surface area contributed by atoms with E-state index >= 15 is 0 Å². The molecular formula is C10H20O7. The van der Waals surface area contributed by atoms with E-state index in [2.05, 4.69) is 0 Å². The Morgan fingerprint density at radius 2 is 1.65 bits per heavy atom. The summed E-state index contributed by atoms with van der Waals surface area (Å²) in [5.74, 6) is -0.711. The SMILES string of the molecule is CC(O)C(O)C(O)C(O)C=O.CCCC(=O)O. The zero-order valence-electron chi connectivity index (χ0n) is 9.85. The Morgan fingerprint density at radius 1 is 1.18 bits per heavy atom. The van der Waals surface area contributed by atoms with E-state index in [9.17, 15) is 9.59 Å². The minimum absolute atomic E-state index is 0.0935. The molecule has 0 spiro atoms. The van der Waals surface area contributed by atoms with Gasteiger partial charge in [0.05, 0.1) is 6.10 Å². The summed E-state index contributed by atoms with van der Waals surface area (Å²) in [6.45, 7) is 3.08. The van der Waals surface area contributed by atoms with Gasteiger partial charge >= 0.3 is 5.97 Å². The molecule has 0 aliphatic heterocycles. The lowest BCUT2D eigenvalue weighted by atomic mass is 10.1. The summed E-state index contributed by atoms with van der Waals surface area (Å²) in [4.78, 5) is 19.5. The highest BCUT2D eigenvalue weighted by Gasteiger charge is 2.27. The van der Waals surface area contributed by atoms with Crippen LogP contribution in [-0.2, 0) is 9.59 Å². The van der Waals surface area contributed by atoms with Crippen LogP contribution in [0.4, 0.5) is 0 Å². The first-order valence-corrected chi connectivity index (χ1v) is 5.17. The van der Waals surface area contributed by atoms with E-state index in [0.717, 1.165) is 6.42 Å². The maximum atomic E-state index is 9.87. The Kier molecular flexibility index (Phi) is 11.0. The predicted molar refractivity (Wildman–Crippen MR) is 58.3 cm³/mol. The molecule has 102 valence electrons. The molecule has 0 radical (unpaired) electrons. The third kappa shape index (κ3) is 9.88. The van der Waals surface area contributed by atoms with Gasteiger partial charge in [0.2, 0.25) is 0 Å². The fourth-order valence-electron chi connectivity index (χ4n) is 0.782. The fraction of sp³-hybridized carbons (Fsp3) is 0.800. The number of carboxylic acid groups (broad SMARTS) is 1. The molecule has 0 aliphatic carbocycles. The molecule has 4 unspecified atom stereocenters. The molecule has 17 heavy (non-hydrogen) atoms. The summed E-state index contributed by atoms with van der Waals surface area (Å²) < 4.78 is 0. The number of carboxylic acids is 1. The zero-order chi connectivity index (χ0) is 14.0. The molecule has 0 saturated carbocycles. The highest BCUT2D eigenvalue weighted by Crippen LogP contribution is 2.02. The monoisotopic (exact) mass is 252 g/mol. The van der Waals surface area contributed by atoms with Crippen LogP contribution in [0.1, 0.15) is 26.7 Å². The number of hydrogen-bond donors (Lipinski definition) is 5. The van der Waals surface area contributed by atoms with Crippen molar-refractivity contribution in [3.05, 3.63) is 0 Å². The topological polar surface area (TPSA) is 135 Å². The Labute approximate surface area is 99.3 Å². The van der Waals surface area contributed by atoms with Crippen molar-refractivity contribution in [2.45, 2.75) is 51.1 Å². The van der Waals surface area contributed by atoms with Crippen LogP contribution in [0.3, 0.4) is 0 Å². The van der Waals surface area contributed by atoms with Gasteiger partial charge in [-0.2, -0.15) is 0 Å². The fourth-order valence-corrected chi connectivity index (χ4v) is 0.782. The van der Waals surface area contributed by atoms with Crippen LogP contribution in [0, 0.1) is 0 Å². The highest BCUT2D eigenvalue weighted by molar-refractivity contribution is 5.66. The Bertz CT molecular complexity index is 217. The first-order chi connectivity index (χ1) is 7.77. The van der Waals surface area contributed by atoms with E-state index in [4.69, 9.17) is 25.5 Å². The highest BCUT2D eigenvalue weighted by atomic mass is 16.4. The molecule has 0 saturated heterocycles. The lowest BCUT2D eigenvalue weighted by Crippen LogP contribution is -2.43. The van der Waals surface area contributed by atoms with E-state index in [1.165, 1.54) is 6.92 Å². The van der Waals surface area contributed by atoms with Crippen LogP contribution in [-0.4, -0.2) is 62.2 Å². The summed E-state index contributed by atoms with van der Waals surface area (Å²) >= 11 is 0. The average Bonchev–Trinajstić information content (AvgIpc) is 2.26. The molecule has 0 heterocycles. The average molecular weight is 252 g/mol. The van der Waals surface area contributed by atoms with E-state index in [1.54, 1.807) is 0 Å². The molecule has 5 N–H and O–H groups in total. The van der Waals surface area contributed by atoms with Gasteiger partial charge in [-0.15, -0.1) is 0 Å². The van der Waals surface area contributed by atoms with Crippen molar-refractivity contribution in [1.29, 1.82) is 0 Å². The molecule has 0 amide bonds. The van der Waals surface area contributed by atoms with Gasteiger partial charge in [-0.3, -0.25) is 4.79 Å². The van der Waals surface area contributed by atoms with Gasteiger partial charge in [-0.1, -0.05) is 6.92 Å². The number of rotatable bonds is 6. The molecule has 0 aliphatic rings. The predicted octanol–water partition coefficient (Wildman–Crippen LogP) is -1.48. The third-order valence-electron chi connectivity index (χ3n) is 1.80. The lowest BCUT2D eigenvalue weighted by Gasteiger charge is -2.21. The van der Waals surface area contributed by atoms with Crippen molar-refractivity contribution < 1.29 is 35.1 Å². The van der Waals surface area contributed by atoms with Crippen LogP contribution >= 0.6 is 0 Å². The van der Waals surface area contributed by atoms with E-state index in [-0.39, 0.29) is 6.29 Å². The molecule has 0 rings (SSSR count). The number of hydrogen-bond acceptors (Lipinski definition) is 6. The van der Waals surface area contributed by atoms with Gasteiger partial charge in [0.1, 0.15) is 18.3 Å². The molecule has 7 nitrogen and oxygen atoms in total. The number of aldehydes is 1. The Hall–Kier alpha value is -1.02.